The number of methoxy groups -OCH3 is 1. The van der Waals surface area contributed by atoms with Gasteiger partial charge in [0.2, 0.25) is 10.0 Å². The summed E-state index contributed by atoms with van der Waals surface area (Å²) < 4.78 is 27.6. The summed E-state index contributed by atoms with van der Waals surface area (Å²) in [6.45, 7) is 3.59. The normalized spacial score (nSPS) is 13.6. The SMILES string of the molecule is CC[C@H](C)[C@H](NC(=O)Nc1ccc(Cl)c(S(N)(=O)=O)c1O)C(=O)OC. The molecule has 0 saturated heterocycles. The van der Waals surface area contributed by atoms with Crippen LogP contribution in [0.2, 0.25) is 5.02 Å². The topological polar surface area (TPSA) is 148 Å². The van der Waals surface area contributed by atoms with E-state index in [0.717, 1.165) is 6.07 Å². The molecule has 25 heavy (non-hydrogen) atoms. The molecule has 0 saturated carbocycles. The van der Waals surface area contributed by atoms with Crippen LogP contribution in [-0.2, 0) is 19.6 Å². The molecular weight excluding hydrogens is 374 g/mol. The number of ether oxygens (including phenoxy) is 1. The van der Waals surface area contributed by atoms with Crippen molar-refractivity contribution < 1.29 is 27.9 Å². The predicted molar refractivity (Wildman–Crippen MR) is 91.9 cm³/mol. The van der Waals surface area contributed by atoms with Crippen LogP contribution in [0.3, 0.4) is 0 Å². The van der Waals surface area contributed by atoms with E-state index >= 15 is 0 Å². The summed E-state index contributed by atoms with van der Waals surface area (Å²) in [5.74, 6) is -1.64. The van der Waals surface area contributed by atoms with Crippen molar-refractivity contribution in [3.63, 3.8) is 0 Å². The van der Waals surface area contributed by atoms with Crippen molar-refractivity contribution in [1.29, 1.82) is 0 Å². The maximum absolute atomic E-state index is 12.1. The first-order valence-electron chi connectivity index (χ1n) is 7.22. The largest absolute Gasteiger partial charge is 0.504 e. The number of hydrogen-bond donors (Lipinski definition) is 4. The molecule has 1 aromatic rings. The lowest BCUT2D eigenvalue weighted by molar-refractivity contribution is -0.144. The lowest BCUT2D eigenvalue weighted by atomic mass is 9.99. The number of sulfonamides is 1. The molecule has 0 fully saturated rings. The van der Waals surface area contributed by atoms with Gasteiger partial charge in [0, 0.05) is 0 Å². The van der Waals surface area contributed by atoms with E-state index in [0.29, 0.717) is 6.42 Å². The zero-order valence-electron chi connectivity index (χ0n) is 13.9. The van der Waals surface area contributed by atoms with Gasteiger partial charge in [-0.05, 0) is 18.1 Å². The van der Waals surface area contributed by atoms with Gasteiger partial charge in [0.05, 0.1) is 17.8 Å². The fourth-order valence-corrected chi connectivity index (χ4v) is 3.21. The summed E-state index contributed by atoms with van der Waals surface area (Å²) in [5, 5.41) is 19.4. The average molecular weight is 394 g/mol. The third-order valence-electron chi connectivity index (χ3n) is 3.57. The number of amides is 2. The number of anilines is 1. The minimum absolute atomic E-state index is 0.211. The van der Waals surface area contributed by atoms with E-state index in [1.807, 2.05) is 6.92 Å². The molecule has 0 heterocycles. The molecule has 0 radical (unpaired) electrons. The second-order valence-electron chi connectivity index (χ2n) is 5.30. The van der Waals surface area contributed by atoms with E-state index in [1.165, 1.54) is 13.2 Å². The summed E-state index contributed by atoms with van der Waals surface area (Å²) in [7, 11) is -3.11. The number of aromatic hydroxyl groups is 1. The number of phenols is 1. The maximum atomic E-state index is 12.1. The molecule has 0 bridgehead atoms. The fraction of sp³-hybridized carbons (Fsp3) is 0.429. The van der Waals surface area contributed by atoms with Gasteiger partial charge in [-0.25, -0.2) is 23.1 Å². The second kappa shape index (κ2) is 8.37. The van der Waals surface area contributed by atoms with Crippen LogP contribution in [0.5, 0.6) is 5.75 Å². The number of carbonyl (C=O) groups is 2. The number of hydrogen-bond acceptors (Lipinski definition) is 6. The van der Waals surface area contributed by atoms with Crippen molar-refractivity contribution >= 4 is 39.3 Å². The number of primary sulfonamides is 1. The highest BCUT2D eigenvalue weighted by Crippen LogP contribution is 2.36. The van der Waals surface area contributed by atoms with Crippen molar-refractivity contribution in [3.8, 4) is 5.75 Å². The highest BCUT2D eigenvalue weighted by atomic mass is 35.5. The van der Waals surface area contributed by atoms with Gasteiger partial charge in [-0.3, -0.25) is 0 Å². The predicted octanol–water partition coefficient (Wildman–Crippen LogP) is 1.40. The third kappa shape index (κ3) is 5.21. The molecule has 11 heteroatoms. The number of nitrogens with two attached hydrogens (primary N) is 1. The van der Waals surface area contributed by atoms with E-state index in [4.69, 9.17) is 16.7 Å². The molecule has 0 unspecified atom stereocenters. The Labute approximate surface area is 150 Å². The van der Waals surface area contributed by atoms with Crippen molar-refractivity contribution in [2.75, 3.05) is 12.4 Å². The zero-order chi connectivity index (χ0) is 19.4. The Hall–Kier alpha value is -2.04. The summed E-state index contributed by atoms with van der Waals surface area (Å²) in [5.41, 5.74) is -0.237. The minimum Gasteiger partial charge on any atom is -0.504 e. The maximum Gasteiger partial charge on any atom is 0.328 e. The molecule has 0 spiro atoms. The van der Waals surface area contributed by atoms with Crippen LogP contribution in [-0.4, -0.2) is 38.7 Å². The smallest absolute Gasteiger partial charge is 0.328 e. The molecule has 0 aromatic heterocycles. The van der Waals surface area contributed by atoms with E-state index in [2.05, 4.69) is 15.4 Å². The number of phenolic OH excluding ortho intramolecular Hbond substituents is 1. The van der Waals surface area contributed by atoms with E-state index in [-0.39, 0.29) is 16.6 Å². The Kier molecular flexibility index (Phi) is 7.03. The monoisotopic (exact) mass is 393 g/mol. The first-order chi connectivity index (χ1) is 11.5. The molecule has 9 nitrogen and oxygen atoms in total. The molecule has 0 aliphatic carbocycles. The number of halogens is 1. The molecule has 1 aromatic carbocycles. The molecular formula is C14H20ClN3O6S. The molecule has 0 aliphatic rings. The lowest BCUT2D eigenvalue weighted by Gasteiger charge is -2.22. The number of urea groups is 1. The number of carbonyl (C=O) groups excluding carboxylic acids is 2. The highest BCUT2D eigenvalue weighted by Gasteiger charge is 2.28. The van der Waals surface area contributed by atoms with Crippen LogP contribution in [0.15, 0.2) is 17.0 Å². The highest BCUT2D eigenvalue weighted by molar-refractivity contribution is 7.89. The van der Waals surface area contributed by atoms with E-state index in [1.54, 1.807) is 6.92 Å². The fourth-order valence-electron chi connectivity index (χ4n) is 2.01. The Morgan fingerprint density at radius 2 is 2.00 bits per heavy atom. The van der Waals surface area contributed by atoms with E-state index < -0.39 is 38.7 Å². The van der Waals surface area contributed by atoms with Crippen LogP contribution in [0.25, 0.3) is 0 Å². The van der Waals surface area contributed by atoms with Gasteiger partial charge in [0.25, 0.3) is 0 Å². The second-order valence-corrected chi connectivity index (χ2v) is 7.21. The van der Waals surface area contributed by atoms with E-state index in [9.17, 15) is 23.1 Å². The Morgan fingerprint density at radius 1 is 1.40 bits per heavy atom. The Morgan fingerprint density at radius 3 is 2.48 bits per heavy atom. The van der Waals surface area contributed by atoms with Gasteiger partial charge in [0.1, 0.15) is 10.9 Å². The lowest BCUT2D eigenvalue weighted by Crippen LogP contribution is -2.47. The van der Waals surface area contributed by atoms with Crippen LogP contribution in [0.4, 0.5) is 10.5 Å². The Balaban J connectivity index is 3.06. The van der Waals surface area contributed by atoms with Crippen molar-refractivity contribution in [2.24, 2.45) is 11.1 Å². The number of esters is 1. The molecule has 140 valence electrons. The summed E-state index contributed by atoms with van der Waals surface area (Å²) in [4.78, 5) is 23.2. The van der Waals surface area contributed by atoms with Gasteiger partial charge in [0.15, 0.2) is 5.75 Å². The van der Waals surface area contributed by atoms with Crippen molar-refractivity contribution in [1.82, 2.24) is 5.32 Å². The van der Waals surface area contributed by atoms with Crippen molar-refractivity contribution in [2.45, 2.75) is 31.2 Å². The standard InChI is InChI=1S/C14H20ClN3O6S/c1-4-7(2)10(13(20)24-3)18-14(21)17-9-6-5-8(15)12(11(9)19)25(16,22)23/h5-7,10,19H,4H2,1-3H3,(H2,16,22,23)(H2,17,18,21)/t7-,10-/m0/s1. The first kappa shape index (κ1) is 21.0. The van der Waals surface area contributed by atoms with Gasteiger partial charge in [-0.1, -0.05) is 31.9 Å². The molecule has 2 amide bonds. The minimum atomic E-state index is -4.31. The van der Waals surface area contributed by atoms with Gasteiger partial charge in [-0.2, -0.15) is 0 Å². The van der Waals surface area contributed by atoms with Gasteiger partial charge < -0.3 is 20.5 Å². The van der Waals surface area contributed by atoms with Crippen LogP contribution >= 0.6 is 11.6 Å². The first-order valence-corrected chi connectivity index (χ1v) is 9.14. The molecule has 5 N–H and O–H groups in total. The van der Waals surface area contributed by atoms with Gasteiger partial charge in [-0.15, -0.1) is 0 Å². The molecule has 2 atom stereocenters. The number of nitrogens with one attached hydrogen (secondary N) is 2. The van der Waals surface area contributed by atoms with Crippen LogP contribution in [0, 0.1) is 5.92 Å². The Bertz CT molecular complexity index is 768. The molecule has 1 rings (SSSR count). The van der Waals surface area contributed by atoms with Crippen LogP contribution in [0.1, 0.15) is 20.3 Å². The van der Waals surface area contributed by atoms with Crippen molar-refractivity contribution in [3.05, 3.63) is 17.2 Å². The quantitative estimate of drug-likeness (QED) is 0.424. The van der Waals surface area contributed by atoms with Gasteiger partial charge >= 0.3 is 12.0 Å². The molecule has 0 aliphatic heterocycles. The summed E-state index contributed by atoms with van der Waals surface area (Å²) in [6, 6.07) is 0.599. The zero-order valence-corrected chi connectivity index (χ0v) is 15.4. The van der Waals surface area contributed by atoms with Crippen LogP contribution < -0.4 is 15.8 Å². The summed E-state index contributed by atoms with van der Waals surface area (Å²) >= 11 is 5.72. The third-order valence-corrected chi connectivity index (χ3v) is 4.98. The number of benzene rings is 1. The average Bonchev–Trinajstić information content (AvgIpc) is 2.52. The summed E-state index contributed by atoms with van der Waals surface area (Å²) in [6.07, 6.45) is 0.599. The number of rotatable bonds is 6.